The second-order valence-electron chi connectivity index (χ2n) is 4.90. The van der Waals surface area contributed by atoms with Crippen molar-refractivity contribution in [2.75, 3.05) is 12.4 Å². The van der Waals surface area contributed by atoms with Crippen LogP contribution in [0.3, 0.4) is 0 Å². The minimum Gasteiger partial charge on any atom is -0.371 e. The highest BCUT2D eigenvalue weighted by atomic mass is 31.0. The first kappa shape index (κ1) is 19.1. The number of nitrogens with zero attached hydrogens (tertiary/aromatic N) is 4. The predicted molar refractivity (Wildman–Crippen MR) is 95.3 cm³/mol. The van der Waals surface area contributed by atoms with E-state index in [9.17, 15) is 13.2 Å². The van der Waals surface area contributed by atoms with E-state index in [-0.39, 0.29) is 23.8 Å². The third kappa shape index (κ3) is 4.07. The molecule has 3 aromatic rings. The molecule has 134 valence electrons. The molecular formula is C16H19F3N5P. The molecule has 0 bridgehead atoms. The smallest absolute Gasteiger partial charge is 0.317 e. The maximum absolute atomic E-state index is 13.8. The molecule has 1 atom stereocenters. The van der Waals surface area contributed by atoms with Crippen LogP contribution in [0.25, 0.3) is 11.2 Å². The molecule has 0 radical (unpaired) electrons. The second-order valence-corrected chi connectivity index (χ2v) is 5.63. The summed E-state index contributed by atoms with van der Waals surface area (Å²) in [5, 5.41) is 2.73. The van der Waals surface area contributed by atoms with Gasteiger partial charge in [-0.25, -0.2) is 19.3 Å². The molecular weight excluding hydrogens is 350 g/mol. The molecule has 2 aromatic heterocycles. The third-order valence-electron chi connectivity index (χ3n) is 3.30. The molecule has 0 saturated heterocycles. The van der Waals surface area contributed by atoms with Gasteiger partial charge in [0.25, 0.3) is 0 Å². The number of anilines is 1. The van der Waals surface area contributed by atoms with Gasteiger partial charge in [-0.15, -0.1) is 0 Å². The van der Waals surface area contributed by atoms with Crippen LogP contribution in [0.4, 0.5) is 19.0 Å². The number of nitrogens with one attached hydrogen (secondary N) is 1. The van der Waals surface area contributed by atoms with Crippen LogP contribution < -0.4 is 5.32 Å². The van der Waals surface area contributed by atoms with Crippen molar-refractivity contribution < 1.29 is 13.2 Å². The van der Waals surface area contributed by atoms with Crippen LogP contribution in [0.15, 0.2) is 30.6 Å². The number of aromatic nitrogens is 4. The average Bonchev–Trinajstić information content (AvgIpc) is 3.00. The van der Waals surface area contributed by atoms with E-state index in [1.54, 1.807) is 25.2 Å². The molecule has 0 amide bonds. The maximum atomic E-state index is 13.8. The van der Waals surface area contributed by atoms with E-state index in [1.807, 2.05) is 13.8 Å². The van der Waals surface area contributed by atoms with E-state index in [4.69, 9.17) is 0 Å². The van der Waals surface area contributed by atoms with Gasteiger partial charge in [0.2, 0.25) is 5.82 Å². The summed E-state index contributed by atoms with van der Waals surface area (Å²) in [5.41, 5.74) is -2.30. The first-order valence-corrected chi connectivity index (χ1v) is 8.29. The summed E-state index contributed by atoms with van der Waals surface area (Å²) in [6.45, 7) is 4.13. The summed E-state index contributed by atoms with van der Waals surface area (Å²) >= 11 is 0. The first-order valence-electron chi connectivity index (χ1n) is 7.71. The lowest BCUT2D eigenvalue weighted by Gasteiger charge is -2.11. The Morgan fingerprint density at radius 2 is 1.88 bits per heavy atom. The van der Waals surface area contributed by atoms with Gasteiger partial charge >= 0.3 is 5.66 Å². The topological polar surface area (TPSA) is 55.6 Å². The van der Waals surface area contributed by atoms with Gasteiger partial charge in [-0.05, 0) is 6.07 Å². The van der Waals surface area contributed by atoms with Crippen molar-refractivity contribution in [2.45, 2.75) is 26.1 Å². The van der Waals surface area contributed by atoms with Gasteiger partial charge in [-0.1, -0.05) is 41.3 Å². The molecule has 0 spiro atoms. The van der Waals surface area contributed by atoms with Crippen molar-refractivity contribution in [3.63, 3.8) is 0 Å². The lowest BCUT2D eigenvalue weighted by molar-refractivity contribution is 0.0935. The quantitative estimate of drug-likeness (QED) is 0.706. The van der Waals surface area contributed by atoms with Crippen molar-refractivity contribution in [1.82, 2.24) is 19.5 Å². The molecule has 0 aliphatic heterocycles. The third-order valence-corrected chi connectivity index (χ3v) is 3.56. The Hall–Kier alpha value is -2.21. The first-order chi connectivity index (χ1) is 11.9. The minimum absolute atomic E-state index is 0.130. The molecule has 1 aromatic carbocycles. The zero-order valence-electron chi connectivity index (χ0n) is 14.1. The standard InChI is InChI=1S/C14H13F3N5P.C2H6/c1-18-11-10-12(21-13(20-11)14(16,17)23)22(7-19-10)6-8-4-2-3-5-9(8)15;1-2/h2-5,7H,6,23H2,1H3,(H,18,20,21);1-2H3. The van der Waals surface area contributed by atoms with Crippen LogP contribution in [0.1, 0.15) is 25.2 Å². The lowest BCUT2D eigenvalue weighted by Crippen LogP contribution is -2.12. The number of imidazole rings is 1. The lowest BCUT2D eigenvalue weighted by atomic mass is 10.2. The van der Waals surface area contributed by atoms with Crippen molar-refractivity contribution in [1.29, 1.82) is 0 Å². The highest BCUT2D eigenvalue weighted by Gasteiger charge is 2.30. The monoisotopic (exact) mass is 369 g/mol. The van der Waals surface area contributed by atoms with E-state index in [0.29, 0.717) is 11.1 Å². The Bertz CT molecular complexity index is 861. The maximum Gasteiger partial charge on any atom is 0.317 e. The van der Waals surface area contributed by atoms with Gasteiger partial charge in [0.05, 0.1) is 12.9 Å². The van der Waals surface area contributed by atoms with E-state index in [0.717, 1.165) is 0 Å². The van der Waals surface area contributed by atoms with Crippen LogP contribution in [-0.2, 0) is 12.2 Å². The molecule has 1 N–H and O–H groups in total. The summed E-state index contributed by atoms with van der Waals surface area (Å²) in [5.74, 6) is -0.831. The normalized spacial score (nSPS) is 11.2. The molecule has 2 heterocycles. The second kappa shape index (κ2) is 7.78. The van der Waals surface area contributed by atoms with Crippen LogP contribution in [0.2, 0.25) is 0 Å². The molecule has 1 unspecified atom stereocenters. The Labute approximate surface area is 145 Å². The molecule has 9 heteroatoms. The Balaban J connectivity index is 0.00000109. The van der Waals surface area contributed by atoms with Gasteiger partial charge in [-0.3, -0.25) is 0 Å². The summed E-state index contributed by atoms with van der Waals surface area (Å²) in [4.78, 5) is 11.8. The average molecular weight is 369 g/mol. The van der Waals surface area contributed by atoms with Gasteiger partial charge in [0, 0.05) is 12.6 Å². The Kier molecular flexibility index (Phi) is 5.95. The highest BCUT2D eigenvalue weighted by Crippen LogP contribution is 2.34. The number of alkyl halides is 2. The molecule has 0 aliphatic rings. The number of rotatable bonds is 4. The summed E-state index contributed by atoms with van der Waals surface area (Å²) < 4.78 is 42.4. The fourth-order valence-electron chi connectivity index (χ4n) is 2.19. The zero-order chi connectivity index (χ0) is 18.6. The van der Waals surface area contributed by atoms with E-state index >= 15 is 0 Å². The van der Waals surface area contributed by atoms with Gasteiger partial charge in [0.1, 0.15) is 11.3 Å². The molecule has 0 aliphatic carbocycles. The number of hydrogen-bond donors (Lipinski definition) is 1. The Morgan fingerprint density at radius 3 is 2.48 bits per heavy atom. The van der Waals surface area contributed by atoms with Gasteiger partial charge < -0.3 is 9.88 Å². The van der Waals surface area contributed by atoms with E-state index in [1.165, 1.54) is 26.2 Å². The summed E-state index contributed by atoms with van der Waals surface area (Å²) in [6, 6.07) is 6.24. The fourth-order valence-corrected chi connectivity index (χ4v) is 2.32. The van der Waals surface area contributed by atoms with Crippen molar-refractivity contribution >= 4 is 26.2 Å². The van der Waals surface area contributed by atoms with E-state index in [2.05, 4.69) is 20.3 Å². The molecule has 3 rings (SSSR count). The van der Waals surface area contributed by atoms with E-state index < -0.39 is 11.5 Å². The summed E-state index contributed by atoms with van der Waals surface area (Å²) in [6.07, 6.45) is 1.43. The largest absolute Gasteiger partial charge is 0.371 e. The molecule has 5 nitrogen and oxygen atoms in total. The number of halogens is 3. The predicted octanol–water partition coefficient (Wildman–Crippen LogP) is 4.01. The highest BCUT2D eigenvalue weighted by molar-refractivity contribution is 7.17. The molecule has 25 heavy (non-hydrogen) atoms. The Morgan fingerprint density at radius 1 is 1.20 bits per heavy atom. The van der Waals surface area contributed by atoms with Crippen LogP contribution in [0, 0.1) is 5.82 Å². The number of hydrogen-bond acceptors (Lipinski definition) is 4. The van der Waals surface area contributed by atoms with Crippen LogP contribution in [0.5, 0.6) is 0 Å². The fraction of sp³-hybridized carbons (Fsp3) is 0.312. The molecule has 0 fully saturated rings. The SMILES string of the molecule is CC.CNc1nc(C(F)(F)P)nc2c1ncn2Cc1ccccc1F. The van der Waals surface area contributed by atoms with Gasteiger partial charge in [-0.2, -0.15) is 8.78 Å². The van der Waals surface area contributed by atoms with Crippen LogP contribution in [-0.4, -0.2) is 26.6 Å². The van der Waals surface area contributed by atoms with Crippen molar-refractivity contribution in [3.05, 3.63) is 47.8 Å². The minimum atomic E-state index is -3.27. The molecule has 0 saturated carbocycles. The zero-order valence-corrected chi connectivity index (χ0v) is 15.2. The van der Waals surface area contributed by atoms with Gasteiger partial charge in [0.15, 0.2) is 11.5 Å². The number of fused-ring (bicyclic) bond motifs is 1. The number of benzene rings is 1. The van der Waals surface area contributed by atoms with Crippen molar-refractivity contribution in [3.8, 4) is 0 Å². The summed E-state index contributed by atoms with van der Waals surface area (Å²) in [7, 11) is 2.96. The van der Waals surface area contributed by atoms with Crippen molar-refractivity contribution in [2.24, 2.45) is 0 Å². The van der Waals surface area contributed by atoms with Crippen LogP contribution >= 0.6 is 9.24 Å².